The third-order valence-electron chi connectivity index (χ3n) is 5.53. The van der Waals surface area contributed by atoms with Crippen LogP contribution in [0.4, 0.5) is 8.78 Å². The Morgan fingerprint density at radius 1 is 1.15 bits per heavy atom. The lowest BCUT2D eigenvalue weighted by Gasteiger charge is -2.45. The summed E-state index contributed by atoms with van der Waals surface area (Å²) in [7, 11) is -4.47. The van der Waals surface area contributed by atoms with Crippen molar-refractivity contribution in [1.82, 2.24) is 5.32 Å². The first kappa shape index (κ1) is 19.2. The molecule has 3 N–H and O–H groups in total. The highest BCUT2D eigenvalue weighted by atomic mass is 32.2. The molecule has 1 aromatic rings. The molecule has 0 saturated heterocycles. The number of carbonyl (C=O) groups is 1. The van der Waals surface area contributed by atoms with Gasteiger partial charge in [-0.2, -0.15) is 8.78 Å². The van der Waals surface area contributed by atoms with Gasteiger partial charge in [0.1, 0.15) is 0 Å². The lowest BCUT2D eigenvalue weighted by Crippen LogP contribution is -2.53. The number of hydrogen-bond donors (Lipinski definition) is 2. The molecule has 0 spiro atoms. The van der Waals surface area contributed by atoms with Gasteiger partial charge in [-0.3, -0.25) is 4.79 Å². The number of benzene rings is 1. The van der Waals surface area contributed by atoms with Crippen molar-refractivity contribution in [2.45, 2.75) is 55.7 Å². The number of nitrogens with one attached hydrogen (secondary N) is 1. The van der Waals surface area contributed by atoms with Crippen molar-refractivity contribution in [3.8, 4) is 0 Å². The molecule has 2 aliphatic carbocycles. The van der Waals surface area contributed by atoms with E-state index in [-0.39, 0.29) is 23.6 Å². The predicted octanol–water partition coefficient (Wildman–Crippen LogP) is 2.46. The Labute approximate surface area is 152 Å². The Bertz CT molecular complexity index is 738. The topological polar surface area (TPSA) is 89.3 Å². The number of halogens is 2. The summed E-state index contributed by atoms with van der Waals surface area (Å²) in [5, 5.41) is 3.11. The van der Waals surface area contributed by atoms with Crippen molar-refractivity contribution >= 4 is 15.7 Å². The van der Waals surface area contributed by atoms with Crippen molar-refractivity contribution in [2.24, 2.45) is 17.6 Å². The van der Waals surface area contributed by atoms with Crippen LogP contribution in [-0.2, 0) is 15.6 Å². The van der Waals surface area contributed by atoms with E-state index >= 15 is 0 Å². The van der Waals surface area contributed by atoms with Crippen LogP contribution in [0.5, 0.6) is 0 Å². The Kier molecular flexibility index (Phi) is 5.62. The second kappa shape index (κ2) is 7.60. The maximum absolute atomic E-state index is 12.5. The minimum Gasteiger partial charge on any atom is -0.349 e. The summed E-state index contributed by atoms with van der Waals surface area (Å²) in [6.45, 7) is 0. The third-order valence-corrected chi connectivity index (χ3v) is 6.81. The molecule has 26 heavy (non-hydrogen) atoms. The number of carbonyl (C=O) groups excluding carboxylic acids is 1. The monoisotopic (exact) mass is 386 g/mol. The summed E-state index contributed by atoms with van der Waals surface area (Å²) in [6.07, 6.45) is 5.15. The van der Waals surface area contributed by atoms with Gasteiger partial charge in [-0.1, -0.05) is 18.6 Å². The van der Waals surface area contributed by atoms with Crippen molar-refractivity contribution < 1.29 is 22.0 Å². The molecule has 3 rings (SSSR count). The maximum atomic E-state index is 12.5. The first-order valence-corrected chi connectivity index (χ1v) is 10.6. The van der Waals surface area contributed by atoms with Gasteiger partial charge in [-0.05, 0) is 55.2 Å². The molecule has 2 aliphatic rings. The molecule has 1 amide bonds. The molecule has 2 fully saturated rings. The second-order valence-electron chi connectivity index (χ2n) is 7.45. The standard InChI is InChI=1S/C18H24F2N2O3S/c19-18(20)26(24,25)10-11-4-6-12(7-5-11)17(23)22-16-13-2-1-3-14(16)9-15(21)8-13/h4-7,13-16,18H,1-3,8-10,21H2,(H,22,23). The third kappa shape index (κ3) is 4.23. The molecule has 5 nitrogen and oxygen atoms in total. The fourth-order valence-electron chi connectivity index (χ4n) is 4.31. The highest BCUT2D eigenvalue weighted by Crippen LogP contribution is 2.39. The van der Waals surface area contributed by atoms with E-state index in [0.717, 1.165) is 25.7 Å². The van der Waals surface area contributed by atoms with Crippen LogP contribution in [-0.4, -0.2) is 32.2 Å². The van der Waals surface area contributed by atoms with Crippen LogP contribution < -0.4 is 11.1 Å². The predicted molar refractivity (Wildman–Crippen MR) is 94.4 cm³/mol. The molecule has 0 aliphatic heterocycles. The average molecular weight is 386 g/mol. The van der Waals surface area contributed by atoms with E-state index in [0.29, 0.717) is 17.4 Å². The summed E-state index contributed by atoms with van der Waals surface area (Å²) in [6, 6.07) is 6.11. The molecule has 0 aromatic heterocycles. The zero-order valence-corrected chi connectivity index (χ0v) is 15.2. The second-order valence-corrected chi connectivity index (χ2v) is 9.42. The largest absolute Gasteiger partial charge is 0.349 e. The molecular formula is C18H24F2N2O3S. The van der Waals surface area contributed by atoms with Gasteiger partial charge in [0, 0.05) is 17.6 Å². The number of fused-ring (bicyclic) bond motifs is 2. The van der Waals surface area contributed by atoms with Crippen molar-refractivity contribution in [2.75, 3.05) is 0 Å². The minimum absolute atomic E-state index is 0.120. The van der Waals surface area contributed by atoms with Gasteiger partial charge in [0.15, 0.2) is 0 Å². The van der Waals surface area contributed by atoms with E-state index in [9.17, 15) is 22.0 Å². The van der Waals surface area contributed by atoms with Crippen LogP contribution in [0.25, 0.3) is 0 Å². The van der Waals surface area contributed by atoms with Gasteiger partial charge < -0.3 is 11.1 Å². The molecule has 144 valence electrons. The zero-order chi connectivity index (χ0) is 18.9. The molecule has 2 atom stereocenters. The van der Waals surface area contributed by atoms with E-state index < -0.39 is 21.3 Å². The number of rotatable bonds is 5. The summed E-state index contributed by atoms with van der Waals surface area (Å²) in [4.78, 5) is 12.5. The van der Waals surface area contributed by atoms with Crippen LogP contribution in [0, 0.1) is 11.8 Å². The van der Waals surface area contributed by atoms with Gasteiger partial charge in [-0.25, -0.2) is 8.42 Å². The number of amides is 1. The normalized spacial score (nSPS) is 28.8. The van der Waals surface area contributed by atoms with Gasteiger partial charge >= 0.3 is 5.76 Å². The number of alkyl halides is 2. The molecule has 2 unspecified atom stereocenters. The molecule has 2 saturated carbocycles. The molecule has 2 bridgehead atoms. The fourth-order valence-corrected chi connectivity index (χ4v) is 5.09. The van der Waals surface area contributed by atoms with Crippen molar-refractivity contribution in [3.05, 3.63) is 35.4 Å². The Balaban J connectivity index is 1.65. The van der Waals surface area contributed by atoms with Gasteiger partial charge in [0.2, 0.25) is 9.84 Å². The summed E-state index contributed by atoms with van der Waals surface area (Å²) < 4.78 is 47.5. The first-order chi connectivity index (χ1) is 12.3. The summed E-state index contributed by atoms with van der Waals surface area (Å²) in [5.74, 6) is -3.56. The van der Waals surface area contributed by atoms with E-state index in [4.69, 9.17) is 5.73 Å². The average Bonchev–Trinajstić information content (AvgIpc) is 2.55. The van der Waals surface area contributed by atoms with Crippen LogP contribution in [0.1, 0.15) is 48.0 Å². The highest BCUT2D eigenvalue weighted by Gasteiger charge is 2.39. The minimum atomic E-state index is -4.47. The Morgan fingerprint density at radius 3 is 2.27 bits per heavy atom. The molecule has 8 heteroatoms. The SMILES string of the molecule is NC1CC2CCCC(C1)C2NC(=O)c1ccc(CS(=O)(=O)C(F)F)cc1. The smallest absolute Gasteiger partial charge is 0.337 e. The molecule has 1 aromatic carbocycles. The first-order valence-electron chi connectivity index (χ1n) is 8.91. The van der Waals surface area contributed by atoms with E-state index in [1.807, 2.05) is 0 Å². The van der Waals surface area contributed by atoms with Crippen LogP contribution >= 0.6 is 0 Å². The quantitative estimate of drug-likeness (QED) is 0.814. The Hall–Kier alpha value is -1.54. The van der Waals surface area contributed by atoms with Gasteiger partial charge in [0.05, 0.1) is 5.75 Å². The summed E-state index contributed by atoms with van der Waals surface area (Å²) >= 11 is 0. The van der Waals surface area contributed by atoms with E-state index in [1.54, 1.807) is 0 Å². The van der Waals surface area contributed by atoms with Crippen molar-refractivity contribution in [3.63, 3.8) is 0 Å². The number of nitrogens with two attached hydrogens (primary N) is 1. The lowest BCUT2D eigenvalue weighted by molar-refractivity contribution is 0.0756. The number of hydrogen-bond acceptors (Lipinski definition) is 4. The lowest BCUT2D eigenvalue weighted by atomic mass is 9.67. The van der Waals surface area contributed by atoms with E-state index in [2.05, 4.69) is 5.32 Å². The molecule has 0 radical (unpaired) electrons. The van der Waals surface area contributed by atoms with Gasteiger partial charge in [0.25, 0.3) is 5.91 Å². The maximum Gasteiger partial charge on any atom is 0.337 e. The fraction of sp³-hybridized carbons (Fsp3) is 0.611. The van der Waals surface area contributed by atoms with E-state index in [1.165, 1.54) is 30.7 Å². The van der Waals surface area contributed by atoms with Crippen LogP contribution in [0.2, 0.25) is 0 Å². The van der Waals surface area contributed by atoms with Crippen molar-refractivity contribution in [1.29, 1.82) is 0 Å². The summed E-state index contributed by atoms with van der Waals surface area (Å²) in [5.41, 5.74) is 6.74. The number of sulfone groups is 1. The zero-order valence-electron chi connectivity index (χ0n) is 14.4. The highest BCUT2D eigenvalue weighted by molar-refractivity contribution is 7.90. The van der Waals surface area contributed by atoms with Gasteiger partial charge in [-0.15, -0.1) is 0 Å². The molecular weight excluding hydrogens is 362 g/mol. The molecule has 0 heterocycles. The van der Waals surface area contributed by atoms with Crippen LogP contribution in [0.3, 0.4) is 0 Å². The van der Waals surface area contributed by atoms with Crippen LogP contribution in [0.15, 0.2) is 24.3 Å². The Morgan fingerprint density at radius 2 is 1.73 bits per heavy atom.